The van der Waals surface area contributed by atoms with Gasteiger partial charge in [0, 0.05) is 32.4 Å². The Morgan fingerprint density at radius 1 is 1.08 bits per heavy atom. The average molecular weight is 377 g/mol. The molecular weight excluding hydrogens is 352 g/mol. The van der Waals surface area contributed by atoms with Crippen LogP contribution in [0.5, 0.6) is 0 Å². The molecule has 0 aromatic carbocycles. The van der Waals surface area contributed by atoms with Crippen LogP contribution < -0.4 is 10.0 Å². The number of sulfonamides is 2. The summed E-state index contributed by atoms with van der Waals surface area (Å²) in [6, 6.07) is 3.18. The largest absolute Gasteiger partial charge is 0.370 e. The third-order valence-corrected chi connectivity index (χ3v) is 6.32. The Bertz CT molecular complexity index is 727. The topological polar surface area (TPSA) is 108 Å². The summed E-state index contributed by atoms with van der Waals surface area (Å²) >= 11 is 0. The van der Waals surface area contributed by atoms with Crippen molar-refractivity contribution < 1.29 is 16.8 Å². The molecule has 24 heavy (non-hydrogen) atoms. The van der Waals surface area contributed by atoms with E-state index in [0.717, 1.165) is 25.5 Å². The fourth-order valence-electron chi connectivity index (χ4n) is 2.45. The number of nitrogens with zero attached hydrogens (tertiary/aromatic N) is 2. The summed E-state index contributed by atoms with van der Waals surface area (Å²) in [6.45, 7) is 2.01. The molecule has 8 nitrogen and oxygen atoms in total. The van der Waals surface area contributed by atoms with Crippen LogP contribution in [0.1, 0.15) is 25.7 Å². The van der Waals surface area contributed by atoms with Crippen LogP contribution in [0.25, 0.3) is 0 Å². The van der Waals surface area contributed by atoms with Crippen molar-refractivity contribution in [2.24, 2.45) is 0 Å². The van der Waals surface area contributed by atoms with Gasteiger partial charge in [-0.15, -0.1) is 0 Å². The zero-order valence-corrected chi connectivity index (χ0v) is 15.4. The Morgan fingerprint density at radius 2 is 1.79 bits per heavy atom. The molecule has 2 N–H and O–H groups in total. The molecule has 0 aliphatic carbocycles. The van der Waals surface area contributed by atoms with Crippen molar-refractivity contribution >= 4 is 25.9 Å². The van der Waals surface area contributed by atoms with Gasteiger partial charge in [-0.1, -0.05) is 6.42 Å². The highest BCUT2D eigenvalue weighted by Crippen LogP contribution is 2.20. The van der Waals surface area contributed by atoms with E-state index in [0.29, 0.717) is 38.4 Å². The number of hydrogen-bond acceptors (Lipinski definition) is 6. The number of nitrogens with one attached hydrogen (secondary N) is 2. The SMILES string of the molecule is CS(=O)(=O)NCCCNc1ccc(S(=O)(=O)N2CCCCC2)cn1. The molecule has 0 bridgehead atoms. The van der Waals surface area contributed by atoms with Crippen molar-refractivity contribution in [1.29, 1.82) is 0 Å². The van der Waals surface area contributed by atoms with Gasteiger partial charge in [0.05, 0.1) is 6.26 Å². The van der Waals surface area contributed by atoms with Crippen LogP contribution in [0.3, 0.4) is 0 Å². The summed E-state index contributed by atoms with van der Waals surface area (Å²) < 4.78 is 50.7. The fraction of sp³-hybridized carbons (Fsp3) is 0.643. The quantitative estimate of drug-likeness (QED) is 0.644. The third kappa shape index (κ3) is 5.69. The second-order valence-corrected chi connectivity index (χ2v) is 9.56. The second-order valence-electron chi connectivity index (χ2n) is 5.79. The third-order valence-electron chi connectivity index (χ3n) is 3.71. The molecule has 0 unspecified atom stereocenters. The van der Waals surface area contributed by atoms with Crippen LogP contribution in [0, 0.1) is 0 Å². The van der Waals surface area contributed by atoms with Gasteiger partial charge >= 0.3 is 0 Å². The lowest BCUT2D eigenvalue weighted by atomic mass is 10.2. The summed E-state index contributed by atoms with van der Waals surface area (Å²) in [5, 5.41) is 3.03. The molecule has 0 saturated carbocycles. The monoisotopic (exact) mass is 376 g/mol. The highest BCUT2D eigenvalue weighted by atomic mass is 32.2. The van der Waals surface area contributed by atoms with E-state index in [2.05, 4.69) is 15.0 Å². The summed E-state index contributed by atoms with van der Waals surface area (Å²) in [5.74, 6) is 0.562. The number of hydrogen-bond donors (Lipinski definition) is 2. The van der Waals surface area contributed by atoms with E-state index < -0.39 is 20.0 Å². The van der Waals surface area contributed by atoms with Crippen LogP contribution in [0.15, 0.2) is 23.2 Å². The summed E-state index contributed by atoms with van der Waals surface area (Å²) in [6.07, 6.45) is 5.94. The highest BCUT2D eigenvalue weighted by Gasteiger charge is 2.25. The van der Waals surface area contributed by atoms with E-state index in [9.17, 15) is 16.8 Å². The van der Waals surface area contributed by atoms with Crippen LogP contribution in [0.4, 0.5) is 5.82 Å². The lowest BCUT2D eigenvalue weighted by molar-refractivity contribution is 0.346. The summed E-state index contributed by atoms with van der Waals surface area (Å²) in [7, 11) is -6.62. The smallest absolute Gasteiger partial charge is 0.244 e. The normalized spacial score (nSPS) is 16.9. The molecule has 1 aliphatic rings. The van der Waals surface area contributed by atoms with E-state index in [1.807, 2.05) is 0 Å². The zero-order chi connectivity index (χ0) is 17.6. The van der Waals surface area contributed by atoms with E-state index in [-0.39, 0.29) is 4.90 Å². The van der Waals surface area contributed by atoms with E-state index in [4.69, 9.17) is 0 Å². The molecule has 1 aromatic rings. The van der Waals surface area contributed by atoms with Gasteiger partial charge in [0.1, 0.15) is 10.7 Å². The lowest BCUT2D eigenvalue weighted by Crippen LogP contribution is -2.35. The van der Waals surface area contributed by atoms with Gasteiger partial charge in [-0.2, -0.15) is 4.31 Å². The maximum Gasteiger partial charge on any atom is 0.244 e. The Balaban J connectivity index is 1.86. The van der Waals surface area contributed by atoms with Gasteiger partial charge in [-0.25, -0.2) is 26.5 Å². The first-order chi connectivity index (χ1) is 11.3. The van der Waals surface area contributed by atoms with Crippen LogP contribution in [-0.2, 0) is 20.0 Å². The molecular formula is C14H24N4O4S2. The van der Waals surface area contributed by atoms with Crippen LogP contribution in [0.2, 0.25) is 0 Å². The minimum Gasteiger partial charge on any atom is -0.370 e. The van der Waals surface area contributed by atoms with Crippen molar-refractivity contribution in [2.45, 2.75) is 30.6 Å². The lowest BCUT2D eigenvalue weighted by Gasteiger charge is -2.25. The zero-order valence-electron chi connectivity index (χ0n) is 13.7. The number of rotatable bonds is 8. The molecule has 136 valence electrons. The maximum absolute atomic E-state index is 12.5. The Kier molecular flexibility index (Phi) is 6.55. The first kappa shape index (κ1) is 19.1. The van der Waals surface area contributed by atoms with Gasteiger partial charge in [-0.05, 0) is 31.4 Å². The average Bonchev–Trinajstić information content (AvgIpc) is 2.55. The maximum atomic E-state index is 12.5. The molecule has 0 radical (unpaired) electrons. The molecule has 2 rings (SSSR count). The van der Waals surface area contributed by atoms with Crippen molar-refractivity contribution in [3.63, 3.8) is 0 Å². The number of aromatic nitrogens is 1. The molecule has 0 atom stereocenters. The van der Waals surface area contributed by atoms with Gasteiger partial charge < -0.3 is 5.32 Å². The van der Waals surface area contributed by atoms with Crippen LogP contribution >= 0.6 is 0 Å². The number of piperidine rings is 1. The highest BCUT2D eigenvalue weighted by molar-refractivity contribution is 7.89. The predicted molar refractivity (Wildman–Crippen MR) is 92.8 cm³/mol. The predicted octanol–water partition coefficient (Wildman–Crippen LogP) is 0.607. The first-order valence-corrected chi connectivity index (χ1v) is 11.3. The van der Waals surface area contributed by atoms with Gasteiger partial charge in [-0.3, -0.25) is 0 Å². The summed E-state index contributed by atoms with van der Waals surface area (Å²) in [5.41, 5.74) is 0. The Labute approximate surface area is 143 Å². The van der Waals surface area contributed by atoms with Crippen molar-refractivity contribution in [1.82, 2.24) is 14.0 Å². The van der Waals surface area contributed by atoms with Crippen LogP contribution in [-0.4, -0.2) is 58.6 Å². The minimum atomic E-state index is -3.46. The standard InChI is InChI=1S/C14H24N4O4S2/c1-23(19,20)17-9-5-8-15-14-7-6-13(12-16-14)24(21,22)18-10-3-2-4-11-18/h6-7,12,17H,2-5,8-11H2,1H3,(H,15,16). The van der Waals surface area contributed by atoms with Gasteiger partial charge in [0.25, 0.3) is 0 Å². The first-order valence-electron chi connectivity index (χ1n) is 7.94. The van der Waals surface area contributed by atoms with Crippen molar-refractivity contribution in [2.75, 3.05) is 37.8 Å². The van der Waals surface area contributed by atoms with Crippen molar-refractivity contribution in [3.8, 4) is 0 Å². The molecule has 10 heteroatoms. The van der Waals surface area contributed by atoms with Gasteiger partial charge in [0.15, 0.2) is 0 Å². The molecule has 1 fully saturated rings. The second kappa shape index (κ2) is 8.24. The molecule has 1 aromatic heterocycles. The Morgan fingerprint density at radius 3 is 2.38 bits per heavy atom. The number of anilines is 1. The molecule has 1 saturated heterocycles. The minimum absolute atomic E-state index is 0.202. The molecule has 1 aliphatic heterocycles. The van der Waals surface area contributed by atoms with E-state index in [1.54, 1.807) is 12.1 Å². The summed E-state index contributed by atoms with van der Waals surface area (Å²) in [4.78, 5) is 4.33. The Hall–Kier alpha value is -1.23. The van der Waals surface area contributed by atoms with Gasteiger partial charge in [0.2, 0.25) is 20.0 Å². The number of pyridine rings is 1. The molecule has 0 spiro atoms. The fourth-order valence-corrected chi connectivity index (χ4v) is 4.43. The molecule has 2 heterocycles. The van der Waals surface area contributed by atoms with E-state index in [1.165, 1.54) is 10.5 Å². The van der Waals surface area contributed by atoms with E-state index >= 15 is 0 Å². The molecule has 0 amide bonds. The van der Waals surface area contributed by atoms with Crippen molar-refractivity contribution in [3.05, 3.63) is 18.3 Å².